The van der Waals surface area contributed by atoms with Crippen LogP contribution in [-0.2, 0) is 4.79 Å². The number of carbonyl (C=O) groups excluding carboxylic acids is 1. The van der Waals surface area contributed by atoms with Gasteiger partial charge in [-0.15, -0.1) is 0 Å². The van der Waals surface area contributed by atoms with E-state index in [0.29, 0.717) is 29.5 Å². The first-order valence-electron chi connectivity index (χ1n) is 7.78. The van der Waals surface area contributed by atoms with Gasteiger partial charge in [0.2, 0.25) is 5.91 Å². The molecule has 2 aromatic rings. The van der Waals surface area contributed by atoms with Crippen LogP contribution >= 0.6 is 11.6 Å². The van der Waals surface area contributed by atoms with Crippen molar-refractivity contribution in [1.82, 2.24) is 0 Å². The lowest BCUT2D eigenvalue weighted by atomic mass is 10.2. The van der Waals surface area contributed by atoms with E-state index in [2.05, 4.69) is 10.6 Å². The maximum absolute atomic E-state index is 13.1. The quantitative estimate of drug-likeness (QED) is 0.766. The smallest absolute Gasteiger partial charge is 0.246 e. The van der Waals surface area contributed by atoms with Gasteiger partial charge in [0, 0.05) is 11.8 Å². The highest BCUT2D eigenvalue weighted by molar-refractivity contribution is 6.33. The second-order valence-corrected chi connectivity index (χ2v) is 5.69. The Morgan fingerprint density at radius 2 is 2.00 bits per heavy atom. The van der Waals surface area contributed by atoms with Crippen LogP contribution in [0.4, 0.5) is 15.8 Å². The average molecular weight is 367 g/mol. The minimum atomic E-state index is -0.552. The van der Waals surface area contributed by atoms with E-state index in [1.807, 2.05) is 6.92 Å². The highest BCUT2D eigenvalue weighted by atomic mass is 35.5. The second kappa shape index (κ2) is 8.58. The molecule has 1 amide bonds. The van der Waals surface area contributed by atoms with Crippen molar-refractivity contribution < 1.29 is 18.7 Å². The first kappa shape index (κ1) is 18.9. The third-order valence-electron chi connectivity index (χ3n) is 3.43. The number of rotatable bonds is 7. The van der Waals surface area contributed by atoms with Crippen LogP contribution in [0.25, 0.3) is 0 Å². The van der Waals surface area contributed by atoms with Gasteiger partial charge in [-0.05, 0) is 44.2 Å². The van der Waals surface area contributed by atoms with Crippen LogP contribution in [0.1, 0.15) is 13.8 Å². The monoisotopic (exact) mass is 366 g/mol. The highest BCUT2D eigenvalue weighted by Crippen LogP contribution is 2.30. The van der Waals surface area contributed by atoms with Crippen LogP contribution in [0.15, 0.2) is 36.4 Å². The van der Waals surface area contributed by atoms with Crippen molar-refractivity contribution in [2.75, 3.05) is 24.4 Å². The fourth-order valence-electron chi connectivity index (χ4n) is 2.18. The van der Waals surface area contributed by atoms with Gasteiger partial charge in [-0.25, -0.2) is 4.39 Å². The van der Waals surface area contributed by atoms with Gasteiger partial charge in [0.1, 0.15) is 11.9 Å². The lowest BCUT2D eigenvalue weighted by Gasteiger charge is -2.17. The van der Waals surface area contributed by atoms with E-state index in [4.69, 9.17) is 21.1 Å². The number of hydrogen-bond acceptors (Lipinski definition) is 4. The van der Waals surface area contributed by atoms with Crippen molar-refractivity contribution in [2.24, 2.45) is 0 Å². The van der Waals surface area contributed by atoms with Gasteiger partial charge in [-0.1, -0.05) is 11.6 Å². The average Bonchev–Trinajstić information content (AvgIpc) is 2.58. The Morgan fingerprint density at radius 3 is 2.64 bits per heavy atom. The molecule has 2 rings (SSSR count). The van der Waals surface area contributed by atoms with Crippen molar-refractivity contribution in [3.8, 4) is 11.5 Å². The van der Waals surface area contributed by atoms with E-state index >= 15 is 0 Å². The molecule has 7 heteroatoms. The number of halogens is 2. The van der Waals surface area contributed by atoms with Gasteiger partial charge in [0.05, 0.1) is 24.4 Å². The van der Waals surface area contributed by atoms with E-state index in [1.165, 1.54) is 12.1 Å². The maximum atomic E-state index is 13.1. The number of hydrogen-bond donors (Lipinski definition) is 2. The largest absolute Gasteiger partial charge is 0.493 e. The van der Waals surface area contributed by atoms with Crippen LogP contribution in [0.5, 0.6) is 11.5 Å². The number of carbonyl (C=O) groups is 1. The van der Waals surface area contributed by atoms with Crippen molar-refractivity contribution in [3.63, 3.8) is 0 Å². The van der Waals surface area contributed by atoms with Crippen molar-refractivity contribution in [2.45, 2.75) is 19.9 Å². The van der Waals surface area contributed by atoms with Gasteiger partial charge >= 0.3 is 0 Å². The molecule has 0 fully saturated rings. The number of ether oxygens (including phenoxy) is 2. The summed E-state index contributed by atoms with van der Waals surface area (Å²) in [5.41, 5.74) is 1.05. The lowest BCUT2D eigenvalue weighted by Crippen LogP contribution is -2.32. The van der Waals surface area contributed by atoms with E-state index in [9.17, 15) is 9.18 Å². The molecule has 0 saturated carbocycles. The fraction of sp³-hybridized carbons (Fsp3) is 0.278. The zero-order valence-corrected chi connectivity index (χ0v) is 15.0. The Morgan fingerprint density at radius 1 is 1.24 bits per heavy atom. The van der Waals surface area contributed by atoms with Crippen molar-refractivity contribution in [3.05, 3.63) is 47.2 Å². The molecule has 5 nitrogen and oxygen atoms in total. The van der Waals surface area contributed by atoms with Crippen LogP contribution in [-0.4, -0.2) is 25.7 Å². The molecule has 0 radical (unpaired) electrons. The molecule has 0 aliphatic carbocycles. The third-order valence-corrected chi connectivity index (χ3v) is 3.74. The molecule has 0 unspecified atom stereocenters. The number of nitrogens with one attached hydrogen (secondary N) is 2. The molecule has 0 aliphatic heterocycles. The zero-order chi connectivity index (χ0) is 18.4. The van der Waals surface area contributed by atoms with Gasteiger partial charge < -0.3 is 20.1 Å². The molecule has 2 aromatic carbocycles. The summed E-state index contributed by atoms with van der Waals surface area (Å²) < 4.78 is 23.8. The van der Waals surface area contributed by atoms with Gasteiger partial charge in [0.15, 0.2) is 11.5 Å². The Kier molecular flexibility index (Phi) is 6.47. The minimum Gasteiger partial charge on any atom is -0.493 e. The summed E-state index contributed by atoms with van der Waals surface area (Å²) in [6.45, 7) is 4.12. The summed E-state index contributed by atoms with van der Waals surface area (Å²) in [4.78, 5) is 12.3. The summed E-state index contributed by atoms with van der Waals surface area (Å²) in [5.74, 6) is 0.434. The van der Waals surface area contributed by atoms with Crippen molar-refractivity contribution in [1.29, 1.82) is 0 Å². The number of amides is 1. The molecule has 0 saturated heterocycles. The molecule has 134 valence electrons. The summed E-state index contributed by atoms with van der Waals surface area (Å²) in [7, 11) is 1.55. The summed E-state index contributed by atoms with van der Waals surface area (Å²) in [6.07, 6.45) is 0. The maximum Gasteiger partial charge on any atom is 0.246 e. The Hall–Kier alpha value is -2.47. The van der Waals surface area contributed by atoms with Crippen LogP contribution in [0.3, 0.4) is 0 Å². The summed E-state index contributed by atoms with van der Waals surface area (Å²) >= 11 is 5.92. The van der Waals surface area contributed by atoms with Gasteiger partial charge in [-0.3, -0.25) is 4.79 Å². The summed E-state index contributed by atoms with van der Waals surface area (Å²) in [5, 5.41) is 5.88. The normalized spacial score (nSPS) is 11.6. The predicted octanol–water partition coefficient (Wildman–Crippen LogP) is 4.33. The molecule has 1 atom stereocenters. The lowest BCUT2D eigenvalue weighted by molar-refractivity contribution is -0.116. The molecule has 0 heterocycles. The Balaban J connectivity index is 2.05. The van der Waals surface area contributed by atoms with Gasteiger partial charge in [0.25, 0.3) is 0 Å². The Labute approximate surface area is 151 Å². The molecule has 0 bridgehead atoms. The molecule has 0 aromatic heterocycles. The molecule has 25 heavy (non-hydrogen) atoms. The van der Waals surface area contributed by atoms with E-state index in [-0.39, 0.29) is 10.9 Å². The van der Waals surface area contributed by atoms with Crippen molar-refractivity contribution >= 4 is 28.9 Å². The summed E-state index contributed by atoms with van der Waals surface area (Å²) in [6, 6.07) is 8.56. The third kappa shape index (κ3) is 5.00. The zero-order valence-electron chi connectivity index (χ0n) is 14.2. The molecular formula is C18H20ClFN2O3. The number of methoxy groups -OCH3 is 1. The topological polar surface area (TPSA) is 59.6 Å². The van der Waals surface area contributed by atoms with E-state index in [0.717, 1.165) is 6.07 Å². The van der Waals surface area contributed by atoms with E-state index < -0.39 is 11.9 Å². The molecular weight excluding hydrogens is 347 g/mol. The van der Waals surface area contributed by atoms with Crippen LogP contribution in [0, 0.1) is 5.82 Å². The first-order valence-corrected chi connectivity index (χ1v) is 8.15. The van der Waals surface area contributed by atoms with Crippen LogP contribution in [0.2, 0.25) is 5.02 Å². The van der Waals surface area contributed by atoms with E-state index in [1.54, 1.807) is 32.2 Å². The molecule has 2 N–H and O–H groups in total. The fourth-order valence-corrected chi connectivity index (χ4v) is 2.39. The molecule has 0 aliphatic rings. The number of benzene rings is 2. The molecule has 0 spiro atoms. The first-order chi connectivity index (χ1) is 11.9. The standard InChI is InChI=1S/C18H20ClFN2O3/c1-4-25-16-8-6-13(10-17(16)24-3)21-11(2)18(23)22-15-7-5-12(20)9-14(15)19/h5-11,21H,4H2,1-3H3,(H,22,23)/t11-/m0/s1. The predicted molar refractivity (Wildman–Crippen MR) is 97.3 cm³/mol. The second-order valence-electron chi connectivity index (χ2n) is 5.28. The van der Waals surface area contributed by atoms with Gasteiger partial charge in [-0.2, -0.15) is 0 Å². The van der Waals surface area contributed by atoms with Crippen LogP contribution < -0.4 is 20.1 Å². The highest BCUT2D eigenvalue weighted by Gasteiger charge is 2.15. The minimum absolute atomic E-state index is 0.142. The SMILES string of the molecule is CCOc1ccc(N[C@@H](C)C(=O)Nc2ccc(F)cc2Cl)cc1OC. The Bertz CT molecular complexity index is 755. The number of anilines is 2.